The average molecular weight is 348 g/mol. The number of rotatable bonds is 2. The Bertz CT molecular complexity index is 948. The van der Waals surface area contributed by atoms with Gasteiger partial charge in [-0.1, -0.05) is 6.07 Å². The minimum absolute atomic E-state index is 0.0414. The van der Waals surface area contributed by atoms with E-state index in [0.29, 0.717) is 5.65 Å². The Balaban J connectivity index is 1.37. The van der Waals surface area contributed by atoms with Crippen LogP contribution in [-0.2, 0) is 13.1 Å². The van der Waals surface area contributed by atoms with E-state index in [0.717, 1.165) is 49.5 Å². The van der Waals surface area contributed by atoms with Crippen molar-refractivity contribution in [3.05, 3.63) is 53.5 Å². The number of anilines is 1. The molecule has 3 N–H and O–H groups in total. The fourth-order valence-electron chi connectivity index (χ4n) is 3.88. The Morgan fingerprint density at radius 2 is 2.15 bits per heavy atom. The van der Waals surface area contributed by atoms with Crippen molar-refractivity contribution in [3.63, 3.8) is 0 Å². The molecule has 2 amide bonds. The number of aromatic nitrogens is 3. The third-order valence-corrected chi connectivity index (χ3v) is 5.19. The molecule has 0 radical (unpaired) electrons. The molecule has 1 saturated heterocycles. The first kappa shape index (κ1) is 15.3. The van der Waals surface area contributed by atoms with Crippen molar-refractivity contribution in [1.82, 2.24) is 25.2 Å². The van der Waals surface area contributed by atoms with Crippen LogP contribution in [0.1, 0.15) is 35.8 Å². The number of hydrogen-bond donors (Lipinski definition) is 3. The molecule has 0 saturated carbocycles. The van der Waals surface area contributed by atoms with E-state index in [-0.39, 0.29) is 12.1 Å². The molecule has 7 heteroatoms. The van der Waals surface area contributed by atoms with Gasteiger partial charge in [0.25, 0.3) is 0 Å². The summed E-state index contributed by atoms with van der Waals surface area (Å²) in [7, 11) is 0. The lowest BCUT2D eigenvalue weighted by atomic mass is 10.1. The molecule has 0 unspecified atom stereocenters. The van der Waals surface area contributed by atoms with Crippen molar-refractivity contribution < 1.29 is 4.79 Å². The molecule has 132 valence electrons. The van der Waals surface area contributed by atoms with E-state index < -0.39 is 0 Å². The number of aromatic amines is 1. The maximum Gasteiger partial charge on any atom is 0.322 e. The van der Waals surface area contributed by atoms with Gasteiger partial charge in [0.2, 0.25) is 0 Å². The Kier molecular flexibility index (Phi) is 3.60. The first-order chi connectivity index (χ1) is 12.8. The number of nitrogens with zero attached hydrogens (tertiary/aromatic N) is 3. The van der Waals surface area contributed by atoms with Gasteiger partial charge in [-0.3, -0.25) is 0 Å². The SMILES string of the molecule is O=C(Nc1ccc2c(c1)CNC2)N1CCC[C@H]1c1nc2ncccc2[nH]1. The second-order valence-electron chi connectivity index (χ2n) is 6.87. The molecule has 0 spiro atoms. The van der Waals surface area contributed by atoms with Gasteiger partial charge < -0.3 is 20.5 Å². The molecule has 26 heavy (non-hydrogen) atoms. The standard InChI is InChI=1S/C19H20N6O/c26-19(22-14-6-5-12-10-20-11-13(12)9-14)25-8-2-4-16(25)18-23-15-3-1-7-21-17(15)24-18/h1,3,5-7,9,16,20H,2,4,8,10-11H2,(H,22,26)(H,21,23,24)/t16-/m0/s1. The average Bonchev–Trinajstić information content (AvgIpc) is 3.38. The molecule has 2 aromatic heterocycles. The summed E-state index contributed by atoms with van der Waals surface area (Å²) in [6.07, 6.45) is 3.60. The van der Waals surface area contributed by atoms with E-state index >= 15 is 0 Å². The van der Waals surface area contributed by atoms with Crippen LogP contribution in [0.3, 0.4) is 0 Å². The molecule has 1 aromatic carbocycles. The molecule has 2 aliphatic heterocycles. The Hall–Kier alpha value is -2.93. The highest BCUT2D eigenvalue weighted by Crippen LogP contribution is 2.32. The molecule has 1 atom stereocenters. The zero-order valence-corrected chi connectivity index (χ0v) is 14.3. The van der Waals surface area contributed by atoms with Crippen molar-refractivity contribution in [1.29, 1.82) is 0 Å². The lowest BCUT2D eigenvalue weighted by molar-refractivity contribution is 0.205. The van der Waals surface area contributed by atoms with Crippen LogP contribution in [0.25, 0.3) is 11.2 Å². The predicted molar refractivity (Wildman–Crippen MR) is 98.6 cm³/mol. The van der Waals surface area contributed by atoms with E-state index in [1.165, 1.54) is 11.1 Å². The highest BCUT2D eigenvalue weighted by Gasteiger charge is 2.32. The van der Waals surface area contributed by atoms with Gasteiger partial charge in [-0.25, -0.2) is 14.8 Å². The third kappa shape index (κ3) is 2.61. The van der Waals surface area contributed by atoms with Crippen LogP contribution in [0.2, 0.25) is 0 Å². The minimum atomic E-state index is -0.0770. The van der Waals surface area contributed by atoms with Crippen molar-refractivity contribution >= 4 is 22.9 Å². The van der Waals surface area contributed by atoms with Gasteiger partial charge in [0, 0.05) is 31.5 Å². The molecule has 2 aliphatic rings. The number of likely N-dealkylation sites (tertiary alicyclic amines) is 1. The number of urea groups is 1. The van der Waals surface area contributed by atoms with Gasteiger partial charge in [0.1, 0.15) is 5.82 Å². The monoisotopic (exact) mass is 348 g/mol. The van der Waals surface area contributed by atoms with E-state index in [2.05, 4.69) is 37.7 Å². The van der Waals surface area contributed by atoms with Gasteiger partial charge >= 0.3 is 6.03 Å². The van der Waals surface area contributed by atoms with Gasteiger partial charge in [0.15, 0.2) is 5.65 Å². The second-order valence-corrected chi connectivity index (χ2v) is 6.87. The van der Waals surface area contributed by atoms with Gasteiger partial charge in [0.05, 0.1) is 11.6 Å². The van der Waals surface area contributed by atoms with Crippen LogP contribution >= 0.6 is 0 Å². The summed E-state index contributed by atoms with van der Waals surface area (Å²) in [6.45, 7) is 2.49. The summed E-state index contributed by atoms with van der Waals surface area (Å²) < 4.78 is 0. The van der Waals surface area contributed by atoms with Crippen LogP contribution in [0.5, 0.6) is 0 Å². The maximum absolute atomic E-state index is 12.9. The normalized spacial score (nSPS) is 19.1. The maximum atomic E-state index is 12.9. The molecular weight excluding hydrogens is 328 g/mol. The summed E-state index contributed by atoms with van der Waals surface area (Å²) in [6, 6.07) is 9.83. The van der Waals surface area contributed by atoms with Gasteiger partial charge in [-0.15, -0.1) is 0 Å². The molecule has 1 fully saturated rings. The number of amides is 2. The van der Waals surface area contributed by atoms with Crippen LogP contribution in [0.4, 0.5) is 10.5 Å². The van der Waals surface area contributed by atoms with Crippen molar-refractivity contribution in [2.75, 3.05) is 11.9 Å². The van der Waals surface area contributed by atoms with Crippen LogP contribution in [-0.4, -0.2) is 32.4 Å². The van der Waals surface area contributed by atoms with Crippen molar-refractivity contribution in [2.45, 2.75) is 32.0 Å². The summed E-state index contributed by atoms with van der Waals surface area (Å²) >= 11 is 0. The second kappa shape index (κ2) is 6.10. The molecular formula is C19H20N6O. The lowest BCUT2D eigenvalue weighted by Crippen LogP contribution is -2.34. The fourth-order valence-corrected chi connectivity index (χ4v) is 3.88. The van der Waals surface area contributed by atoms with Gasteiger partial charge in [-0.2, -0.15) is 0 Å². The van der Waals surface area contributed by atoms with Gasteiger partial charge in [-0.05, 0) is 48.2 Å². The Morgan fingerprint density at radius 1 is 1.23 bits per heavy atom. The topological polar surface area (TPSA) is 85.9 Å². The number of fused-ring (bicyclic) bond motifs is 2. The molecule has 3 aromatic rings. The number of carbonyl (C=O) groups excluding carboxylic acids is 1. The summed E-state index contributed by atoms with van der Waals surface area (Å²) in [5.74, 6) is 0.810. The summed E-state index contributed by atoms with van der Waals surface area (Å²) in [5, 5.41) is 6.37. The fraction of sp³-hybridized carbons (Fsp3) is 0.316. The predicted octanol–water partition coefficient (Wildman–Crippen LogP) is 2.93. The Labute approximate surface area is 150 Å². The molecule has 4 heterocycles. The first-order valence-corrected chi connectivity index (χ1v) is 8.99. The summed E-state index contributed by atoms with van der Waals surface area (Å²) in [5.41, 5.74) is 5.00. The first-order valence-electron chi connectivity index (χ1n) is 8.99. The number of hydrogen-bond acceptors (Lipinski definition) is 4. The van der Waals surface area contributed by atoms with E-state index in [4.69, 9.17) is 0 Å². The number of nitrogens with one attached hydrogen (secondary N) is 3. The highest BCUT2D eigenvalue weighted by atomic mass is 16.2. The smallest absolute Gasteiger partial charge is 0.322 e. The zero-order chi connectivity index (χ0) is 17.5. The summed E-state index contributed by atoms with van der Waals surface area (Å²) in [4.78, 5) is 26.9. The largest absolute Gasteiger partial charge is 0.339 e. The Morgan fingerprint density at radius 3 is 3.08 bits per heavy atom. The molecule has 0 bridgehead atoms. The van der Waals surface area contributed by atoms with Crippen molar-refractivity contribution in [2.24, 2.45) is 0 Å². The van der Waals surface area contributed by atoms with Crippen LogP contribution in [0, 0.1) is 0 Å². The highest BCUT2D eigenvalue weighted by molar-refractivity contribution is 5.90. The lowest BCUT2D eigenvalue weighted by Gasteiger charge is -2.23. The van der Waals surface area contributed by atoms with Crippen LogP contribution in [0.15, 0.2) is 36.5 Å². The van der Waals surface area contributed by atoms with E-state index in [1.807, 2.05) is 23.1 Å². The molecule has 7 nitrogen and oxygen atoms in total. The zero-order valence-electron chi connectivity index (χ0n) is 14.3. The van der Waals surface area contributed by atoms with Crippen LogP contribution < -0.4 is 10.6 Å². The third-order valence-electron chi connectivity index (χ3n) is 5.19. The van der Waals surface area contributed by atoms with Crippen molar-refractivity contribution in [3.8, 4) is 0 Å². The quantitative estimate of drug-likeness (QED) is 0.665. The molecule has 0 aliphatic carbocycles. The number of imidazole rings is 1. The number of pyridine rings is 1. The number of H-pyrrole nitrogens is 1. The number of carbonyl (C=O) groups is 1. The van der Waals surface area contributed by atoms with E-state index in [9.17, 15) is 4.79 Å². The number of benzene rings is 1. The minimum Gasteiger partial charge on any atom is -0.339 e. The van der Waals surface area contributed by atoms with E-state index in [1.54, 1.807) is 6.20 Å². The molecule has 5 rings (SSSR count).